The molecular weight excluding hydrogens is 282 g/mol. The average Bonchev–Trinajstić information content (AvgIpc) is 2.88. The number of pyridine rings is 1. The van der Waals surface area contributed by atoms with E-state index in [2.05, 4.69) is 37.0 Å². The minimum atomic E-state index is -0.0270. The summed E-state index contributed by atoms with van der Waals surface area (Å²) in [6.07, 6.45) is 2.72. The van der Waals surface area contributed by atoms with Gasteiger partial charge >= 0.3 is 0 Å². The van der Waals surface area contributed by atoms with Gasteiger partial charge in [0, 0.05) is 18.4 Å². The second-order valence-electron chi connectivity index (χ2n) is 5.61. The van der Waals surface area contributed by atoms with Crippen molar-refractivity contribution in [3.05, 3.63) is 58.0 Å². The Hall–Kier alpha value is -1.68. The van der Waals surface area contributed by atoms with Crippen LogP contribution in [-0.4, -0.2) is 16.8 Å². The Morgan fingerprint density at radius 2 is 2.19 bits per heavy atom. The average molecular weight is 301 g/mol. The first-order valence-electron chi connectivity index (χ1n) is 7.24. The molecular formula is C17H19NO2S. The maximum Gasteiger partial charge on any atom is 0.261 e. The Kier molecular flexibility index (Phi) is 4.06. The van der Waals surface area contributed by atoms with Crippen LogP contribution in [0, 0.1) is 0 Å². The molecule has 1 unspecified atom stereocenters. The minimum Gasteiger partial charge on any atom is -0.489 e. The number of hydrogen-bond acceptors (Lipinski definition) is 3. The molecule has 0 saturated heterocycles. The number of fused-ring (bicyclic) bond motifs is 1. The largest absolute Gasteiger partial charge is 0.489 e. The van der Waals surface area contributed by atoms with E-state index in [0.717, 1.165) is 22.8 Å². The Bertz CT molecular complexity index is 693. The molecule has 1 aromatic carbocycles. The van der Waals surface area contributed by atoms with Gasteiger partial charge in [-0.3, -0.25) is 4.79 Å². The molecule has 0 radical (unpaired) electrons. The molecule has 1 atom stereocenters. The van der Waals surface area contributed by atoms with Crippen molar-refractivity contribution < 1.29 is 4.74 Å². The second-order valence-corrected chi connectivity index (χ2v) is 6.67. The molecule has 0 fully saturated rings. The summed E-state index contributed by atoms with van der Waals surface area (Å²) in [7, 11) is 0. The third kappa shape index (κ3) is 3.00. The van der Waals surface area contributed by atoms with Gasteiger partial charge in [0.05, 0.1) is 4.90 Å². The van der Waals surface area contributed by atoms with Gasteiger partial charge in [0.15, 0.2) is 0 Å². The fraction of sp³-hybridized carbons (Fsp3) is 0.353. The number of benzene rings is 1. The van der Waals surface area contributed by atoms with Crippen LogP contribution in [0.4, 0.5) is 0 Å². The summed E-state index contributed by atoms with van der Waals surface area (Å²) in [4.78, 5) is 15.1. The number of thioether (sulfide) groups is 1. The van der Waals surface area contributed by atoms with E-state index in [9.17, 15) is 4.79 Å². The molecule has 2 heterocycles. The predicted octanol–water partition coefficient (Wildman–Crippen LogP) is 3.59. The van der Waals surface area contributed by atoms with Gasteiger partial charge in [0.2, 0.25) is 0 Å². The van der Waals surface area contributed by atoms with Crippen molar-refractivity contribution in [1.82, 2.24) is 4.98 Å². The lowest BCUT2D eigenvalue weighted by molar-refractivity contribution is 0.256. The summed E-state index contributed by atoms with van der Waals surface area (Å²) in [6.45, 7) is 4.37. The molecule has 1 N–H and O–H groups in total. The van der Waals surface area contributed by atoms with E-state index < -0.39 is 0 Å². The van der Waals surface area contributed by atoms with E-state index >= 15 is 0 Å². The Morgan fingerprint density at radius 3 is 2.95 bits per heavy atom. The van der Waals surface area contributed by atoms with E-state index in [-0.39, 0.29) is 11.7 Å². The fourth-order valence-corrected chi connectivity index (χ4v) is 3.53. The molecule has 3 rings (SSSR count). The maximum absolute atomic E-state index is 11.7. The summed E-state index contributed by atoms with van der Waals surface area (Å²) in [5.74, 6) is 2.31. The van der Waals surface area contributed by atoms with E-state index in [1.54, 1.807) is 18.0 Å². The fourth-order valence-electron chi connectivity index (χ4n) is 2.61. The van der Waals surface area contributed by atoms with Gasteiger partial charge in [-0.05, 0) is 29.2 Å². The van der Waals surface area contributed by atoms with Gasteiger partial charge in [-0.25, -0.2) is 0 Å². The summed E-state index contributed by atoms with van der Waals surface area (Å²) < 4.78 is 6.13. The third-order valence-corrected chi connectivity index (χ3v) is 4.86. The Morgan fingerprint density at radius 1 is 1.33 bits per heavy atom. The smallest absolute Gasteiger partial charge is 0.261 e. The zero-order chi connectivity index (χ0) is 14.8. The number of rotatable bonds is 4. The molecule has 110 valence electrons. The molecule has 1 aliphatic rings. The molecule has 4 heteroatoms. The highest BCUT2D eigenvalue weighted by Crippen LogP contribution is 2.37. The quantitative estimate of drug-likeness (QED) is 0.877. The van der Waals surface area contributed by atoms with Crippen LogP contribution in [0.15, 0.2) is 46.2 Å². The Labute approximate surface area is 128 Å². The standard InChI is InChI=1S/C17H19NO2S/c1-11(2)14-6-3-5-12-9-13(20-16(12)14)10-21-15-7-4-8-18-17(15)19/h3-8,11,13H,9-10H2,1-2H3,(H,18,19). The molecule has 3 nitrogen and oxygen atoms in total. The SMILES string of the molecule is CC(C)c1cccc2c1OC(CSc1ccc[nH]c1=O)C2. The number of aromatic nitrogens is 1. The van der Waals surface area contributed by atoms with Crippen LogP contribution >= 0.6 is 11.8 Å². The number of nitrogens with one attached hydrogen (secondary N) is 1. The number of aromatic amines is 1. The summed E-state index contributed by atoms with van der Waals surface area (Å²) in [5.41, 5.74) is 2.53. The Balaban J connectivity index is 1.70. The van der Waals surface area contributed by atoms with Gasteiger partial charge < -0.3 is 9.72 Å². The lowest BCUT2D eigenvalue weighted by atomic mass is 9.99. The van der Waals surface area contributed by atoms with Crippen LogP contribution < -0.4 is 10.3 Å². The first-order chi connectivity index (χ1) is 10.1. The maximum atomic E-state index is 11.7. The number of hydrogen-bond donors (Lipinski definition) is 1. The normalized spacial score (nSPS) is 16.8. The molecule has 0 spiro atoms. The van der Waals surface area contributed by atoms with Gasteiger partial charge in [-0.2, -0.15) is 0 Å². The molecule has 2 aromatic rings. The van der Waals surface area contributed by atoms with E-state index in [1.165, 1.54) is 11.1 Å². The summed E-state index contributed by atoms with van der Waals surface area (Å²) >= 11 is 1.56. The monoisotopic (exact) mass is 301 g/mol. The molecule has 21 heavy (non-hydrogen) atoms. The zero-order valence-corrected chi connectivity index (χ0v) is 13.1. The van der Waals surface area contributed by atoms with E-state index in [1.807, 2.05) is 12.1 Å². The van der Waals surface area contributed by atoms with Crippen LogP contribution in [0.25, 0.3) is 0 Å². The van der Waals surface area contributed by atoms with Crippen molar-refractivity contribution in [2.24, 2.45) is 0 Å². The van der Waals surface area contributed by atoms with Crippen molar-refractivity contribution in [1.29, 1.82) is 0 Å². The van der Waals surface area contributed by atoms with Crippen LogP contribution in [0.3, 0.4) is 0 Å². The van der Waals surface area contributed by atoms with Crippen LogP contribution in [0.2, 0.25) is 0 Å². The van der Waals surface area contributed by atoms with Gasteiger partial charge in [0.1, 0.15) is 11.9 Å². The highest BCUT2D eigenvalue weighted by Gasteiger charge is 2.26. The van der Waals surface area contributed by atoms with Crippen molar-refractivity contribution >= 4 is 11.8 Å². The number of para-hydroxylation sites is 1. The second kappa shape index (κ2) is 5.98. The molecule has 1 aromatic heterocycles. The number of H-pyrrole nitrogens is 1. The number of ether oxygens (including phenoxy) is 1. The highest BCUT2D eigenvalue weighted by molar-refractivity contribution is 7.99. The first-order valence-corrected chi connectivity index (χ1v) is 8.22. The first kappa shape index (κ1) is 14.3. The minimum absolute atomic E-state index is 0.0270. The summed E-state index contributed by atoms with van der Waals surface area (Å²) in [5, 5.41) is 0. The van der Waals surface area contributed by atoms with Crippen LogP contribution in [0.1, 0.15) is 30.9 Å². The lowest BCUT2D eigenvalue weighted by Gasteiger charge is -2.13. The van der Waals surface area contributed by atoms with Crippen molar-refractivity contribution in [3.8, 4) is 5.75 Å². The highest BCUT2D eigenvalue weighted by atomic mass is 32.2. The third-order valence-electron chi connectivity index (χ3n) is 3.69. The van der Waals surface area contributed by atoms with Gasteiger partial charge in [0.25, 0.3) is 5.56 Å². The predicted molar refractivity (Wildman–Crippen MR) is 86.4 cm³/mol. The van der Waals surface area contributed by atoms with Crippen molar-refractivity contribution in [2.75, 3.05) is 5.75 Å². The molecule has 0 aliphatic carbocycles. The van der Waals surface area contributed by atoms with Crippen molar-refractivity contribution in [3.63, 3.8) is 0 Å². The van der Waals surface area contributed by atoms with Crippen LogP contribution in [-0.2, 0) is 6.42 Å². The van der Waals surface area contributed by atoms with Crippen LogP contribution in [0.5, 0.6) is 5.75 Å². The van der Waals surface area contributed by atoms with E-state index in [4.69, 9.17) is 4.74 Å². The lowest BCUT2D eigenvalue weighted by Crippen LogP contribution is -2.17. The van der Waals surface area contributed by atoms with E-state index in [0.29, 0.717) is 5.92 Å². The van der Waals surface area contributed by atoms with Gasteiger partial charge in [-0.1, -0.05) is 32.0 Å². The van der Waals surface area contributed by atoms with Crippen molar-refractivity contribution in [2.45, 2.75) is 37.2 Å². The molecule has 1 aliphatic heterocycles. The molecule has 0 saturated carbocycles. The topological polar surface area (TPSA) is 42.1 Å². The summed E-state index contributed by atoms with van der Waals surface area (Å²) in [6, 6.07) is 10.1. The molecule has 0 bridgehead atoms. The zero-order valence-electron chi connectivity index (χ0n) is 12.3. The molecule has 0 amide bonds. The van der Waals surface area contributed by atoms with Gasteiger partial charge in [-0.15, -0.1) is 11.8 Å².